The van der Waals surface area contributed by atoms with Crippen molar-refractivity contribution in [3.63, 3.8) is 0 Å². The minimum absolute atomic E-state index is 0.0709. The first-order valence-corrected chi connectivity index (χ1v) is 17.4. The van der Waals surface area contributed by atoms with Crippen LogP contribution in [0.15, 0.2) is 90.5 Å². The molecule has 8 nitrogen and oxygen atoms in total. The number of halogens is 3. The van der Waals surface area contributed by atoms with Crippen LogP contribution in [0.4, 0.5) is 10.1 Å². The molecule has 3 aromatic carbocycles. The van der Waals surface area contributed by atoms with Crippen molar-refractivity contribution in [1.82, 2.24) is 9.80 Å². The molecule has 1 N–H and O–H groups in total. The highest BCUT2D eigenvalue weighted by atomic mass is 35.5. The van der Waals surface area contributed by atoms with E-state index in [1.54, 1.807) is 12.1 Å². The van der Waals surface area contributed by atoms with Gasteiger partial charge in [0.15, 0.2) is 9.75 Å². The van der Waals surface area contributed by atoms with Gasteiger partial charge in [0.25, 0.3) is 11.8 Å². The number of allylic oxidation sites excluding steroid dienone is 2. The zero-order valence-corrected chi connectivity index (χ0v) is 28.0. The number of phenolic OH excluding ortho intramolecular Hbond substituents is 1. The second kappa shape index (κ2) is 11.8. The molecular weight excluding hydrogens is 668 g/mol. The van der Waals surface area contributed by atoms with Gasteiger partial charge in [0.1, 0.15) is 11.6 Å². The second-order valence-electron chi connectivity index (χ2n) is 13.9. The summed E-state index contributed by atoms with van der Waals surface area (Å²) in [6.45, 7) is 2.29. The number of alkyl halides is 2. The van der Waals surface area contributed by atoms with E-state index in [0.717, 1.165) is 36.7 Å². The smallest absolute Gasteiger partial charge is 0.258 e. The van der Waals surface area contributed by atoms with Gasteiger partial charge in [0.05, 0.1) is 17.5 Å². The summed E-state index contributed by atoms with van der Waals surface area (Å²) in [5.74, 6) is -5.73. The monoisotopic (exact) mass is 701 g/mol. The summed E-state index contributed by atoms with van der Waals surface area (Å²) in [5, 5.41) is 10.5. The lowest BCUT2D eigenvalue weighted by Crippen LogP contribution is -2.60. The largest absolute Gasteiger partial charge is 0.508 e. The number of nitrogens with zero attached hydrogens (tertiary/aromatic N) is 3. The quantitative estimate of drug-likeness (QED) is 0.207. The highest BCUT2D eigenvalue weighted by Crippen LogP contribution is 2.66. The molecule has 0 bridgehead atoms. The van der Waals surface area contributed by atoms with E-state index < -0.39 is 51.1 Å². The first-order valence-electron chi connectivity index (χ1n) is 16.7. The molecule has 3 heterocycles. The zero-order valence-electron chi connectivity index (χ0n) is 26.5. The maximum Gasteiger partial charge on any atom is 0.258 e. The van der Waals surface area contributed by atoms with E-state index in [1.807, 2.05) is 24.3 Å². The summed E-state index contributed by atoms with van der Waals surface area (Å²) >= 11 is 14.8. The fourth-order valence-electron chi connectivity index (χ4n) is 9.04. The summed E-state index contributed by atoms with van der Waals surface area (Å²) < 4.78 is 13.9. The van der Waals surface area contributed by atoms with Crippen LogP contribution in [-0.4, -0.2) is 67.4 Å². The van der Waals surface area contributed by atoms with Gasteiger partial charge in [0.2, 0.25) is 11.8 Å². The van der Waals surface area contributed by atoms with Gasteiger partial charge in [-0.3, -0.25) is 29.0 Å². The van der Waals surface area contributed by atoms with Crippen LogP contribution in [0.3, 0.4) is 0 Å². The summed E-state index contributed by atoms with van der Waals surface area (Å²) in [4.78, 5) is 57.9. The molecule has 252 valence electrons. The molecule has 3 aromatic rings. The molecule has 1 saturated carbocycles. The zero-order chi connectivity index (χ0) is 34.2. The predicted octanol–water partition coefficient (Wildman–Crippen LogP) is 5.76. The number of aromatic hydroxyl groups is 1. The molecule has 3 aliphatic heterocycles. The second-order valence-corrected chi connectivity index (χ2v) is 15.1. The van der Waals surface area contributed by atoms with Gasteiger partial charge in [-0.1, -0.05) is 54.1 Å². The third kappa shape index (κ3) is 4.80. The van der Waals surface area contributed by atoms with E-state index in [0.29, 0.717) is 24.0 Å². The minimum atomic E-state index is -2.04. The van der Waals surface area contributed by atoms with Crippen LogP contribution in [-0.2, 0) is 25.7 Å². The van der Waals surface area contributed by atoms with Crippen LogP contribution in [0, 0.1) is 23.6 Å². The lowest BCUT2D eigenvalue weighted by molar-refractivity contribution is -0.144. The van der Waals surface area contributed by atoms with Crippen molar-refractivity contribution in [3.8, 4) is 5.75 Å². The van der Waals surface area contributed by atoms with Crippen LogP contribution < -0.4 is 4.90 Å². The number of anilines is 1. The molecule has 0 aromatic heterocycles. The number of rotatable bonds is 5. The van der Waals surface area contributed by atoms with E-state index in [2.05, 4.69) is 17.0 Å². The van der Waals surface area contributed by atoms with Crippen LogP contribution in [0.5, 0.6) is 5.75 Å². The average molecular weight is 703 g/mol. The number of amides is 4. The van der Waals surface area contributed by atoms with Crippen molar-refractivity contribution in [1.29, 1.82) is 0 Å². The number of hydrogen-bond acceptors (Lipinski definition) is 6. The lowest BCUT2D eigenvalue weighted by atomic mass is 9.56. The third-order valence-electron chi connectivity index (χ3n) is 11.3. The minimum Gasteiger partial charge on any atom is -0.508 e. The van der Waals surface area contributed by atoms with Gasteiger partial charge in [-0.15, -0.1) is 23.2 Å². The van der Waals surface area contributed by atoms with Gasteiger partial charge >= 0.3 is 0 Å². The maximum atomic E-state index is 14.5. The van der Waals surface area contributed by atoms with Crippen LogP contribution in [0.1, 0.15) is 42.7 Å². The molecular formula is C38H34Cl2FN3O5. The Kier molecular flexibility index (Phi) is 7.74. The molecule has 5 aliphatic rings. The molecule has 4 amide bonds. The van der Waals surface area contributed by atoms with Crippen LogP contribution in [0.2, 0.25) is 0 Å². The molecule has 49 heavy (non-hydrogen) atoms. The Bertz CT molecular complexity index is 1900. The molecule has 0 unspecified atom stereocenters. The molecule has 4 fully saturated rings. The first-order chi connectivity index (χ1) is 23.5. The highest BCUT2D eigenvalue weighted by molar-refractivity contribution is 6.58. The Labute approximate surface area is 293 Å². The van der Waals surface area contributed by atoms with Gasteiger partial charge in [-0.25, -0.2) is 9.29 Å². The molecule has 0 spiro atoms. The van der Waals surface area contributed by atoms with Crippen LogP contribution in [0.25, 0.3) is 0 Å². The Morgan fingerprint density at radius 3 is 2.24 bits per heavy atom. The van der Waals surface area contributed by atoms with Crippen molar-refractivity contribution >= 4 is 52.5 Å². The number of likely N-dealkylation sites (tertiary alicyclic amines) is 2. The van der Waals surface area contributed by atoms with Crippen LogP contribution >= 0.6 is 23.2 Å². The van der Waals surface area contributed by atoms with Crippen molar-refractivity contribution in [2.75, 3.05) is 18.0 Å². The fourth-order valence-corrected chi connectivity index (χ4v) is 9.97. The number of benzene rings is 3. The van der Waals surface area contributed by atoms with Crippen molar-refractivity contribution < 1.29 is 28.7 Å². The van der Waals surface area contributed by atoms with E-state index in [-0.39, 0.29) is 42.1 Å². The number of imide groups is 2. The predicted molar refractivity (Wildman–Crippen MR) is 181 cm³/mol. The molecule has 0 radical (unpaired) electrons. The Morgan fingerprint density at radius 2 is 1.55 bits per heavy atom. The highest BCUT2D eigenvalue weighted by Gasteiger charge is 2.76. The van der Waals surface area contributed by atoms with Crippen molar-refractivity contribution in [3.05, 3.63) is 107 Å². The normalized spacial score (nSPS) is 31.9. The number of hydrogen-bond donors (Lipinski definition) is 1. The molecule has 3 saturated heterocycles. The van der Waals surface area contributed by atoms with Gasteiger partial charge in [0, 0.05) is 31.6 Å². The van der Waals surface area contributed by atoms with Gasteiger partial charge in [-0.2, -0.15) is 0 Å². The summed E-state index contributed by atoms with van der Waals surface area (Å²) in [6, 6.07) is 21.1. The number of fused-ring (bicyclic) bond motifs is 4. The van der Waals surface area contributed by atoms with Gasteiger partial charge < -0.3 is 5.11 Å². The molecule has 8 rings (SSSR count). The first kappa shape index (κ1) is 32.2. The number of carbonyl (C=O) groups excluding carboxylic acids is 4. The maximum absolute atomic E-state index is 14.5. The SMILES string of the molecule is O=C1[C@H]2[C@H](CC=C3[C@H]2C[C@@]2(Cl)C(=O)N(c4ccc(F)cc4)C(=O)[C@@]2(Cl)[C@H]3c2cccc(O)c2)C(=O)N1C1CCN(Cc2ccccc2)CC1. The van der Waals surface area contributed by atoms with E-state index in [9.17, 15) is 28.7 Å². The van der Waals surface area contributed by atoms with E-state index >= 15 is 0 Å². The molecule has 11 heteroatoms. The average Bonchev–Trinajstić information content (AvgIpc) is 3.43. The summed E-state index contributed by atoms with van der Waals surface area (Å²) in [7, 11) is 0. The third-order valence-corrected chi connectivity index (χ3v) is 12.7. The topological polar surface area (TPSA) is 98.2 Å². The van der Waals surface area contributed by atoms with Crippen molar-refractivity contribution in [2.45, 2.75) is 53.9 Å². The number of phenols is 1. The number of piperidine rings is 1. The standard InChI is InChI=1S/C38H34Cl2FN3O5/c39-37-20-30-28(13-14-29-31(30)34(47)43(33(29)46)26-15-17-42(18-16-26)21-22-5-2-1-3-6-22)32(23-7-4-8-27(45)19-23)38(37,40)36(49)44(35(37)48)25-11-9-24(41)10-12-25/h1-13,19,26,29-32,45H,14-18,20-21H2/t29-,30+,31-,32-,37+,38-/m0/s1. The summed E-state index contributed by atoms with van der Waals surface area (Å²) in [6.07, 6.45) is 3.32. The van der Waals surface area contributed by atoms with Gasteiger partial charge in [-0.05, 0) is 79.1 Å². The molecule has 6 atom stereocenters. The van der Waals surface area contributed by atoms with E-state index in [1.165, 1.54) is 34.7 Å². The summed E-state index contributed by atoms with van der Waals surface area (Å²) in [5.41, 5.74) is 2.44. The Hall–Kier alpha value is -4.05. The lowest BCUT2D eigenvalue weighted by Gasteiger charge is -2.50. The fraction of sp³-hybridized carbons (Fsp3) is 0.368. The Balaban J connectivity index is 1.14. The van der Waals surface area contributed by atoms with E-state index in [4.69, 9.17) is 23.2 Å². The molecule has 2 aliphatic carbocycles. The Morgan fingerprint density at radius 1 is 0.837 bits per heavy atom. The van der Waals surface area contributed by atoms with Crippen molar-refractivity contribution in [2.24, 2.45) is 17.8 Å². The number of carbonyl (C=O) groups is 4.